The first-order chi connectivity index (χ1) is 17.5. The van der Waals surface area contributed by atoms with Crippen LogP contribution in [0.15, 0.2) is 55.0 Å². The predicted octanol–water partition coefficient (Wildman–Crippen LogP) is 5.95. The number of nitrogens with two attached hydrogens (primary N) is 1. The van der Waals surface area contributed by atoms with Gasteiger partial charge in [-0.2, -0.15) is 18.3 Å². The van der Waals surface area contributed by atoms with Crippen LogP contribution in [0.5, 0.6) is 0 Å². The molecule has 2 heterocycles. The highest BCUT2D eigenvalue weighted by molar-refractivity contribution is 6.00. The first kappa shape index (κ1) is 25.9. The number of nitrogens with one attached hydrogen (secondary N) is 2. The van der Waals surface area contributed by atoms with Crippen molar-refractivity contribution in [1.29, 1.82) is 0 Å². The first-order valence-corrected chi connectivity index (χ1v) is 11.3. The number of hydrogen-bond acceptors (Lipinski definition) is 5. The van der Waals surface area contributed by atoms with Gasteiger partial charge in [0.25, 0.3) is 0 Å². The topological polar surface area (TPSA) is 107 Å². The molecule has 0 saturated heterocycles. The molecule has 8 nitrogen and oxygen atoms in total. The van der Waals surface area contributed by atoms with Crippen LogP contribution in [0, 0.1) is 11.7 Å². The van der Waals surface area contributed by atoms with Gasteiger partial charge in [-0.3, -0.25) is 0 Å². The number of amides is 2. The Balaban J connectivity index is 1.55. The second kappa shape index (κ2) is 10.4. The molecule has 4 aromatic rings. The molecule has 194 valence electrons. The summed E-state index contributed by atoms with van der Waals surface area (Å²) in [5, 5.41) is 8.81. The molecule has 0 fully saturated rings. The number of rotatable bonds is 7. The number of nitrogen functional groups attached to an aromatic ring is 1. The van der Waals surface area contributed by atoms with Crippen LogP contribution in [-0.4, -0.2) is 27.2 Å². The van der Waals surface area contributed by atoms with E-state index in [0.29, 0.717) is 48.5 Å². The van der Waals surface area contributed by atoms with E-state index in [0.717, 1.165) is 16.7 Å². The molecule has 0 unspecified atom stereocenters. The van der Waals surface area contributed by atoms with E-state index in [-0.39, 0.29) is 5.82 Å². The lowest BCUT2D eigenvalue weighted by Crippen LogP contribution is -2.20. The number of hydrogen-bond donors (Lipinski definition) is 3. The van der Waals surface area contributed by atoms with Crippen LogP contribution in [0.4, 0.5) is 39.5 Å². The fourth-order valence-corrected chi connectivity index (χ4v) is 3.72. The van der Waals surface area contributed by atoms with E-state index in [1.807, 2.05) is 20.0 Å². The molecule has 4 rings (SSSR count). The summed E-state index contributed by atoms with van der Waals surface area (Å²) >= 11 is 0. The van der Waals surface area contributed by atoms with Gasteiger partial charge in [-0.05, 0) is 41.8 Å². The fraction of sp³-hybridized carbons (Fsp3) is 0.240. The molecule has 4 N–H and O–H groups in total. The van der Waals surface area contributed by atoms with Crippen molar-refractivity contribution < 1.29 is 27.1 Å². The Bertz CT molecular complexity index is 1420. The zero-order chi connectivity index (χ0) is 26.7. The molecule has 0 bridgehead atoms. The minimum Gasteiger partial charge on any atom is -0.382 e. The molecule has 0 saturated carbocycles. The Morgan fingerprint density at radius 1 is 1.14 bits per heavy atom. The fourth-order valence-electron chi connectivity index (χ4n) is 3.72. The average Bonchev–Trinajstić information content (AvgIpc) is 3.19. The van der Waals surface area contributed by atoms with Crippen molar-refractivity contribution in [3.63, 3.8) is 0 Å². The van der Waals surface area contributed by atoms with Crippen LogP contribution < -0.4 is 16.4 Å². The first-order valence-electron chi connectivity index (χ1n) is 11.3. The summed E-state index contributed by atoms with van der Waals surface area (Å²) in [5.41, 5.74) is 7.75. The van der Waals surface area contributed by atoms with Crippen molar-refractivity contribution in [3.8, 4) is 11.1 Å². The quantitative estimate of drug-likeness (QED) is 0.263. The maximum atomic E-state index is 14.0. The van der Waals surface area contributed by atoms with Crippen LogP contribution in [0.25, 0.3) is 16.6 Å². The number of nitrogens with zero attached hydrogens (tertiary/aromatic N) is 3. The molecular weight excluding hydrogens is 492 g/mol. The van der Waals surface area contributed by atoms with Gasteiger partial charge in [0.15, 0.2) is 5.82 Å². The van der Waals surface area contributed by atoms with E-state index < -0.39 is 29.3 Å². The third kappa shape index (κ3) is 5.97. The normalized spacial score (nSPS) is 11.8. The van der Waals surface area contributed by atoms with Crippen LogP contribution in [0.1, 0.15) is 25.0 Å². The number of fused-ring (bicyclic) bond motifs is 1. The summed E-state index contributed by atoms with van der Waals surface area (Å²) in [6.45, 7) is 4.98. The molecule has 0 aliphatic carbocycles. The predicted molar refractivity (Wildman–Crippen MR) is 131 cm³/mol. The van der Waals surface area contributed by atoms with Crippen molar-refractivity contribution in [2.75, 3.05) is 23.0 Å². The van der Waals surface area contributed by atoms with Crippen molar-refractivity contribution in [2.24, 2.45) is 5.92 Å². The van der Waals surface area contributed by atoms with Gasteiger partial charge in [0.05, 0.1) is 17.9 Å². The Kier molecular flexibility index (Phi) is 7.30. The van der Waals surface area contributed by atoms with Crippen LogP contribution in [0.3, 0.4) is 0 Å². The minimum atomic E-state index is -4.67. The van der Waals surface area contributed by atoms with Crippen molar-refractivity contribution in [3.05, 3.63) is 71.9 Å². The maximum Gasteiger partial charge on any atom is 0.416 e. The molecule has 2 aromatic carbocycles. The largest absolute Gasteiger partial charge is 0.416 e. The lowest BCUT2D eigenvalue weighted by atomic mass is 10.0. The van der Waals surface area contributed by atoms with Gasteiger partial charge in [-0.1, -0.05) is 26.0 Å². The van der Waals surface area contributed by atoms with Crippen molar-refractivity contribution >= 4 is 28.7 Å². The van der Waals surface area contributed by atoms with Gasteiger partial charge in [0.2, 0.25) is 0 Å². The molecule has 0 atom stereocenters. The highest BCUT2D eigenvalue weighted by Gasteiger charge is 2.31. The van der Waals surface area contributed by atoms with E-state index in [9.17, 15) is 22.4 Å². The number of ether oxygens (including phenoxy) is 1. The summed E-state index contributed by atoms with van der Waals surface area (Å²) in [7, 11) is 0. The van der Waals surface area contributed by atoms with Gasteiger partial charge in [-0.25, -0.2) is 18.7 Å². The van der Waals surface area contributed by atoms with Gasteiger partial charge in [-0.15, -0.1) is 0 Å². The minimum absolute atomic E-state index is 0.282. The number of halogens is 4. The molecule has 12 heteroatoms. The second-order valence-corrected chi connectivity index (χ2v) is 8.73. The maximum absolute atomic E-state index is 14.0. The van der Waals surface area contributed by atoms with Gasteiger partial charge < -0.3 is 21.1 Å². The number of carbonyl (C=O) groups excluding carboxylic acids is 1. The number of urea groups is 1. The van der Waals surface area contributed by atoms with E-state index in [2.05, 4.69) is 20.7 Å². The number of anilines is 3. The van der Waals surface area contributed by atoms with Crippen LogP contribution in [0.2, 0.25) is 0 Å². The van der Waals surface area contributed by atoms with E-state index >= 15 is 0 Å². The van der Waals surface area contributed by atoms with Crippen molar-refractivity contribution in [1.82, 2.24) is 14.6 Å². The third-order valence-electron chi connectivity index (χ3n) is 5.36. The van der Waals surface area contributed by atoms with Gasteiger partial charge in [0.1, 0.15) is 17.7 Å². The monoisotopic (exact) mass is 516 g/mol. The highest BCUT2D eigenvalue weighted by atomic mass is 19.4. The summed E-state index contributed by atoms with van der Waals surface area (Å²) in [6, 6.07) is 7.53. The number of alkyl halides is 3. The second-order valence-electron chi connectivity index (χ2n) is 8.73. The summed E-state index contributed by atoms with van der Waals surface area (Å²) in [5.74, 6) is -0.359. The van der Waals surface area contributed by atoms with E-state index in [4.69, 9.17) is 10.5 Å². The Hall–Kier alpha value is -4.19. The summed E-state index contributed by atoms with van der Waals surface area (Å²) in [6.07, 6.45) is -1.51. The zero-order valence-electron chi connectivity index (χ0n) is 19.9. The Labute approximate surface area is 209 Å². The SMILES string of the molecule is CC(C)COCc1cn2ncnc(N)c2c1-c1ccc(NC(=O)Nc2cc(C(F)(F)F)ccc2F)cc1. The number of benzene rings is 2. The third-order valence-corrected chi connectivity index (χ3v) is 5.36. The molecule has 0 spiro atoms. The van der Waals surface area contributed by atoms with Crippen LogP contribution in [-0.2, 0) is 17.5 Å². The summed E-state index contributed by atoms with van der Waals surface area (Å²) < 4.78 is 60.1. The molecule has 2 aromatic heterocycles. The zero-order valence-corrected chi connectivity index (χ0v) is 19.9. The van der Waals surface area contributed by atoms with Crippen LogP contribution >= 0.6 is 0 Å². The molecule has 2 amide bonds. The molecule has 37 heavy (non-hydrogen) atoms. The molecule has 0 aliphatic rings. The van der Waals surface area contributed by atoms with Gasteiger partial charge in [0, 0.05) is 29.6 Å². The molecule has 0 radical (unpaired) electrons. The highest BCUT2D eigenvalue weighted by Crippen LogP contribution is 2.34. The smallest absolute Gasteiger partial charge is 0.382 e. The standard InChI is InChI=1S/C25H24F4N6O2/c1-14(2)11-37-12-16-10-35-22(23(30)31-13-32-35)21(16)15-3-6-18(7-4-15)33-24(36)34-20-9-17(25(27,28)29)5-8-19(20)26/h3-10,13-14H,11-12H2,1-2H3,(H2,30,31,32)(H2,33,34,36). The Morgan fingerprint density at radius 3 is 2.54 bits per heavy atom. The molecule has 0 aliphatic heterocycles. The van der Waals surface area contributed by atoms with Crippen molar-refractivity contribution in [2.45, 2.75) is 26.6 Å². The molecular formula is C25H24F4N6O2. The lowest BCUT2D eigenvalue weighted by molar-refractivity contribution is -0.137. The van der Waals surface area contributed by atoms with E-state index in [1.54, 1.807) is 28.8 Å². The number of aromatic nitrogens is 3. The lowest BCUT2D eigenvalue weighted by Gasteiger charge is -2.12. The van der Waals surface area contributed by atoms with E-state index in [1.165, 1.54) is 6.33 Å². The Morgan fingerprint density at radius 2 is 1.86 bits per heavy atom. The summed E-state index contributed by atoms with van der Waals surface area (Å²) in [4.78, 5) is 16.4. The number of carbonyl (C=O) groups is 1. The average molecular weight is 516 g/mol. The van der Waals surface area contributed by atoms with Gasteiger partial charge >= 0.3 is 12.2 Å².